The van der Waals surface area contributed by atoms with Crippen molar-refractivity contribution >= 4 is 17.5 Å². The van der Waals surface area contributed by atoms with Crippen LogP contribution in [0.25, 0.3) is 0 Å². The van der Waals surface area contributed by atoms with E-state index in [0.29, 0.717) is 31.0 Å². The van der Waals surface area contributed by atoms with Gasteiger partial charge in [0.15, 0.2) is 0 Å². The highest BCUT2D eigenvalue weighted by Gasteiger charge is 2.21. The zero-order chi connectivity index (χ0) is 13.5. The molecule has 0 radical (unpaired) electrons. The Morgan fingerprint density at radius 1 is 1.39 bits per heavy atom. The maximum Gasteiger partial charge on any atom is 0.332 e. The lowest BCUT2D eigenvalue weighted by Gasteiger charge is -2.08. The molecular weight excluding hydrogens is 238 g/mol. The van der Waals surface area contributed by atoms with E-state index in [1.165, 1.54) is 0 Å². The van der Waals surface area contributed by atoms with Crippen molar-refractivity contribution in [2.45, 2.75) is 19.8 Å². The molecule has 1 aromatic rings. The van der Waals surface area contributed by atoms with E-state index in [-0.39, 0.29) is 18.1 Å². The molecule has 0 spiro atoms. The van der Waals surface area contributed by atoms with Crippen LogP contribution in [0.1, 0.15) is 18.5 Å². The summed E-state index contributed by atoms with van der Waals surface area (Å²) in [4.78, 5) is 18.5. The number of nitro groups is 1. The van der Waals surface area contributed by atoms with Gasteiger partial charge in [-0.1, -0.05) is 0 Å². The molecule has 0 unspecified atom stereocenters. The van der Waals surface area contributed by atoms with Gasteiger partial charge in [0.25, 0.3) is 0 Å². The van der Waals surface area contributed by atoms with E-state index in [1.807, 2.05) is 0 Å². The van der Waals surface area contributed by atoms with Crippen LogP contribution in [0.15, 0.2) is 0 Å². The molecule has 100 valence electrons. The maximum atomic E-state index is 11.0. The molecule has 18 heavy (non-hydrogen) atoms. The molecule has 0 atom stereocenters. The number of hydrogen-bond acceptors (Lipinski definition) is 7. The van der Waals surface area contributed by atoms with E-state index in [9.17, 15) is 10.1 Å². The minimum absolute atomic E-state index is 0.105. The smallest absolute Gasteiger partial charge is 0.332 e. The second-order valence-electron chi connectivity index (χ2n) is 3.69. The summed E-state index contributed by atoms with van der Waals surface area (Å²) in [6, 6.07) is 0. The Labute approximate surface area is 105 Å². The van der Waals surface area contributed by atoms with Gasteiger partial charge in [0, 0.05) is 20.2 Å². The van der Waals surface area contributed by atoms with Crippen LogP contribution in [0.5, 0.6) is 0 Å². The highest BCUT2D eigenvalue weighted by atomic mass is 16.6. The molecular formula is C10H17N5O3. The number of hydrogen-bond donors (Lipinski definition) is 3. The van der Waals surface area contributed by atoms with Crippen LogP contribution in [0.4, 0.5) is 17.5 Å². The Morgan fingerprint density at radius 2 is 2.11 bits per heavy atom. The number of nitrogens with zero attached hydrogens (tertiary/aromatic N) is 3. The predicted molar refractivity (Wildman–Crippen MR) is 67.8 cm³/mol. The van der Waals surface area contributed by atoms with Gasteiger partial charge < -0.3 is 15.7 Å². The monoisotopic (exact) mass is 255 g/mol. The lowest BCUT2D eigenvalue weighted by atomic mass is 10.3. The van der Waals surface area contributed by atoms with Crippen molar-refractivity contribution in [1.82, 2.24) is 9.97 Å². The Hall–Kier alpha value is -1.96. The first-order valence-corrected chi connectivity index (χ1v) is 5.65. The van der Waals surface area contributed by atoms with Crippen molar-refractivity contribution < 1.29 is 10.0 Å². The van der Waals surface area contributed by atoms with Crippen molar-refractivity contribution in [2.24, 2.45) is 0 Å². The van der Waals surface area contributed by atoms with Crippen molar-refractivity contribution in [2.75, 3.05) is 30.8 Å². The summed E-state index contributed by atoms with van der Waals surface area (Å²) in [5, 5.41) is 25.3. The minimum Gasteiger partial charge on any atom is -0.396 e. The van der Waals surface area contributed by atoms with Crippen LogP contribution in [0, 0.1) is 17.0 Å². The molecule has 0 amide bonds. The van der Waals surface area contributed by atoms with Gasteiger partial charge in [-0.25, -0.2) is 4.98 Å². The molecule has 0 saturated heterocycles. The van der Waals surface area contributed by atoms with E-state index in [4.69, 9.17) is 5.11 Å². The zero-order valence-corrected chi connectivity index (χ0v) is 10.4. The van der Waals surface area contributed by atoms with E-state index in [2.05, 4.69) is 20.6 Å². The first-order chi connectivity index (χ1) is 8.60. The molecule has 0 aliphatic carbocycles. The molecule has 1 heterocycles. The topological polar surface area (TPSA) is 113 Å². The Balaban J connectivity index is 2.91. The summed E-state index contributed by atoms with van der Waals surface area (Å²) in [6.07, 6.45) is 1.36. The lowest BCUT2D eigenvalue weighted by molar-refractivity contribution is -0.385. The molecule has 0 bridgehead atoms. The number of rotatable bonds is 7. The van der Waals surface area contributed by atoms with Crippen LogP contribution in [0.3, 0.4) is 0 Å². The summed E-state index contributed by atoms with van der Waals surface area (Å²) < 4.78 is 0. The standard InChI is InChI=1S/C10H17N5O3/c1-7-8(15(17)18)9(12-5-3-4-6-16)14-10(11-2)13-7/h16H,3-6H2,1-2H3,(H2,11,12,13,14). The van der Waals surface area contributed by atoms with Crippen molar-refractivity contribution in [3.8, 4) is 0 Å². The van der Waals surface area contributed by atoms with Gasteiger partial charge >= 0.3 is 5.69 Å². The van der Waals surface area contributed by atoms with E-state index < -0.39 is 4.92 Å². The first-order valence-electron chi connectivity index (χ1n) is 5.65. The molecule has 1 aromatic heterocycles. The second-order valence-corrected chi connectivity index (χ2v) is 3.69. The van der Waals surface area contributed by atoms with Gasteiger partial charge in [-0.05, 0) is 19.8 Å². The fourth-order valence-corrected chi connectivity index (χ4v) is 1.46. The molecule has 0 saturated carbocycles. The molecule has 0 aliphatic heterocycles. The molecule has 0 aliphatic rings. The van der Waals surface area contributed by atoms with Gasteiger partial charge in [0.2, 0.25) is 11.8 Å². The number of unbranched alkanes of at least 4 members (excludes halogenated alkanes) is 1. The predicted octanol–water partition coefficient (Wildman–Crippen LogP) is 0.919. The van der Waals surface area contributed by atoms with Crippen molar-refractivity contribution in [3.05, 3.63) is 15.8 Å². The number of nitrogens with one attached hydrogen (secondary N) is 2. The van der Waals surface area contributed by atoms with Gasteiger partial charge in [0.05, 0.1) is 4.92 Å². The van der Waals surface area contributed by atoms with E-state index in [0.717, 1.165) is 0 Å². The molecule has 1 rings (SSSR count). The van der Waals surface area contributed by atoms with Gasteiger partial charge in [-0.15, -0.1) is 0 Å². The minimum atomic E-state index is -0.497. The third kappa shape index (κ3) is 3.52. The average molecular weight is 255 g/mol. The lowest BCUT2D eigenvalue weighted by Crippen LogP contribution is -2.11. The highest BCUT2D eigenvalue weighted by Crippen LogP contribution is 2.26. The van der Waals surface area contributed by atoms with Crippen LogP contribution >= 0.6 is 0 Å². The first kappa shape index (κ1) is 14.1. The van der Waals surface area contributed by atoms with Crippen LogP contribution in [0.2, 0.25) is 0 Å². The number of aliphatic hydroxyl groups is 1. The van der Waals surface area contributed by atoms with Crippen LogP contribution < -0.4 is 10.6 Å². The maximum absolute atomic E-state index is 11.0. The Bertz CT molecular complexity index is 424. The van der Waals surface area contributed by atoms with E-state index in [1.54, 1.807) is 14.0 Å². The van der Waals surface area contributed by atoms with Gasteiger partial charge in [-0.3, -0.25) is 10.1 Å². The largest absolute Gasteiger partial charge is 0.396 e. The fourth-order valence-electron chi connectivity index (χ4n) is 1.46. The second kappa shape index (κ2) is 6.70. The summed E-state index contributed by atoms with van der Waals surface area (Å²) in [6.45, 7) is 2.19. The SMILES string of the molecule is CNc1nc(C)c([N+](=O)[O-])c(NCCCCO)n1. The third-order valence-electron chi connectivity index (χ3n) is 2.34. The Kier molecular flexibility index (Phi) is 5.25. The zero-order valence-electron chi connectivity index (χ0n) is 10.4. The molecule has 0 fully saturated rings. The van der Waals surface area contributed by atoms with Crippen molar-refractivity contribution in [1.29, 1.82) is 0 Å². The number of aromatic nitrogens is 2. The summed E-state index contributed by atoms with van der Waals surface area (Å²) >= 11 is 0. The molecule has 0 aromatic carbocycles. The normalized spacial score (nSPS) is 10.2. The number of aryl methyl sites for hydroxylation is 1. The molecule has 8 nitrogen and oxygen atoms in total. The summed E-state index contributed by atoms with van der Waals surface area (Å²) in [5.74, 6) is 0.539. The Morgan fingerprint density at radius 3 is 2.67 bits per heavy atom. The van der Waals surface area contributed by atoms with Crippen molar-refractivity contribution in [3.63, 3.8) is 0 Å². The van der Waals surface area contributed by atoms with Crippen LogP contribution in [-0.4, -0.2) is 40.2 Å². The summed E-state index contributed by atoms with van der Waals surface area (Å²) in [5.41, 5.74) is 0.196. The quantitative estimate of drug-likeness (QED) is 0.377. The third-order valence-corrected chi connectivity index (χ3v) is 2.34. The molecule has 3 N–H and O–H groups in total. The van der Waals surface area contributed by atoms with Gasteiger partial charge in [0.1, 0.15) is 5.69 Å². The molecule has 8 heteroatoms. The summed E-state index contributed by atoms with van der Waals surface area (Å²) in [7, 11) is 1.65. The van der Waals surface area contributed by atoms with Gasteiger partial charge in [-0.2, -0.15) is 4.98 Å². The van der Waals surface area contributed by atoms with Crippen LogP contribution in [-0.2, 0) is 0 Å². The number of anilines is 2. The van der Waals surface area contributed by atoms with E-state index >= 15 is 0 Å². The average Bonchev–Trinajstić information content (AvgIpc) is 2.33. The highest BCUT2D eigenvalue weighted by molar-refractivity contribution is 5.60. The number of aliphatic hydroxyl groups excluding tert-OH is 1. The fraction of sp³-hybridized carbons (Fsp3) is 0.600.